The van der Waals surface area contributed by atoms with Crippen LogP contribution in [0.25, 0.3) is 0 Å². The van der Waals surface area contributed by atoms with Crippen molar-refractivity contribution >= 4 is 5.91 Å². The molecule has 110 valence electrons. The Labute approximate surface area is 115 Å². The van der Waals surface area contributed by atoms with Crippen LogP contribution in [0.5, 0.6) is 0 Å². The first-order chi connectivity index (χ1) is 9.00. The van der Waals surface area contributed by atoms with E-state index in [0.29, 0.717) is 6.54 Å². The topological polar surface area (TPSA) is 58.6 Å². The average Bonchev–Trinajstić information content (AvgIpc) is 2.62. The highest BCUT2D eigenvalue weighted by molar-refractivity contribution is 5.79. The first-order valence-corrected chi connectivity index (χ1v) is 7.62. The fourth-order valence-electron chi connectivity index (χ4n) is 3.49. The maximum Gasteiger partial charge on any atom is 0.226 e. The van der Waals surface area contributed by atoms with Crippen molar-refractivity contribution in [1.82, 2.24) is 5.32 Å². The molecule has 0 aromatic carbocycles. The summed E-state index contributed by atoms with van der Waals surface area (Å²) in [7, 11) is 0. The van der Waals surface area contributed by atoms with Crippen molar-refractivity contribution in [3.8, 4) is 0 Å². The molecule has 4 heteroatoms. The molecule has 6 unspecified atom stereocenters. The molecule has 4 nitrogen and oxygen atoms in total. The van der Waals surface area contributed by atoms with Gasteiger partial charge in [0.05, 0.1) is 24.2 Å². The second-order valence-electron chi connectivity index (χ2n) is 6.29. The van der Waals surface area contributed by atoms with E-state index in [2.05, 4.69) is 12.2 Å². The highest BCUT2D eigenvalue weighted by Gasteiger charge is 2.41. The van der Waals surface area contributed by atoms with E-state index in [9.17, 15) is 9.90 Å². The van der Waals surface area contributed by atoms with Gasteiger partial charge in [0.25, 0.3) is 0 Å². The number of amides is 1. The zero-order chi connectivity index (χ0) is 14.0. The number of hydrogen-bond donors (Lipinski definition) is 2. The molecule has 6 atom stereocenters. The first kappa shape index (κ1) is 14.8. The Hall–Kier alpha value is -0.610. The lowest BCUT2D eigenvalue weighted by Crippen LogP contribution is -2.42. The van der Waals surface area contributed by atoms with Gasteiger partial charge in [-0.15, -0.1) is 0 Å². The van der Waals surface area contributed by atoms with Gasteiger partial charge >= 0.3 is 0 Å². The Morgan fingerprint density at radius 3 is 2.47 bits per heavy atom. The summed E-state index contributed by atoms with van der Waals surface area (Å²) in [4.78, 5) is 12.3. The van der Waals surface area contributed by atoms with Gasteiger partial charge < -0.3 is 15.2 Å². The monoisotopic (exact) mass is 269 g/mol. The predicted molar refractivity (Wildman–Crippen MR) is 73.6 cm³/mol. The van der Waals surface area contributed by atoms with Gasteiger partial charge in [-0.2, -0.15) is 0 Å². The van der Waals surface area contributed by atoms with Gasteiger partial charge in [-0.25, -0.2) is 0 Å². The van der Waals surface area contributed by atoms with Gasteiger partial charge in [-0.05, 0) is 32.6 Å². The van der Waals surface area contributed by atoms with E-state index in [1.54, 1.807) is 0 Å². The Morgan fingerprint density at radius 2 is 1.89 bits per heavy atom. The number of ether oxygens (including phenoxy) is 1. The largest absolute Gasteiger partial charge is 0.393 e. The number of nitrogens with one attached hydrogen (secondary N) is 1. The average molecular weight is 269 g/mol. The van der Waals surface area contributed by atoms with E-state index < -0.39 is 0 Å². The van der Waals surface area contributed by atoms with Crippen LogP contribution in [0, 0.1) is 17.8 Å². The maximum absolute atomic E-state index is 12.3. The molecule has 0 radical (unpaired) electrons. The lowest BCUT2D eigenvalue weighted by molar-refractivity contribution is -0.127. The highest BCUT2D eigenvalue weighted by Crippen LogP contribution is 2.32. The van der Waals surface area contributed by atoms with E-state index in [0.717, 1.165) is 25.7 Å². The molecule has 0 spiro atoms. The van der Waals surface area contributed by atoms with Crippen LogP contribution in [-0.2, 0) is 9.53 Å². The molecule has 0 bridgehead atoms. The molecule has 2 aliphatic rings. The van der Waals surface area contributed by atoms with Gasteiger partial charge in [0.15, 0.2) is 0 Å². The Morgan fingerprint density at radius 1 is 1.21 bits per heavy atom. The van der Waals surface area contributed by atoms with Crippen molar-refractivity contribution < 1.29 is 14.6 Å². The molecular formula is C15H27NO3. The quantitative estimate of drug-likeness (QED) is 0.820. The van der Waals surface area contributed by atoms with Crippen molar-refractivity contribution in [3.05, 3.63) is 0 Å². The molecule has 1 heterocycles. The minimum absolute atomic E-state index is 0.0127. The van der Waals surface area contributed by atoms with E-state index >= 15 is 0 Å². The molecule has 2 fully saturated rings. The van der Waals surface area contributed by atoms with E-state index in [1.807, 2.05) is 13.8 Å². The minimum atomic E-state index is -0.248. The van der Waals surface area contributed by atoms with Crippen molar-refractivity contribution in [2.24, 2.45) is 17.8 Å². The molecule has 1 aliphatic carbocycles. The maximum atomic E-state index is 12.3. The van der Waals surface area contributed by atoms with Gasteiger partial charge in [0, 0.05) is 12.5 Å². The number of carbonyl (C=O) groups is 1. The van der Waals surface area contributed by atoms with Crippen LogP contribution >= 0.6 is 0 Å². The number of carbonyl (C=O) groups excluding carboxylic acids is 1. The Kier molecular flexibility index (Phi) is 4.85. The highest BCUT2D eigenvalue weighted by atomic mass is 16.5. The predicted octanol–water partition coefficient (Wildman–Crippen LogP) is 1.71. The first-order valence-electron chi connectivity index (χ1n) is 7.62. The third-order valence-electron chi connectivity index (χ3n) is 4.95. The molecule has 1 amide bonds. The molecule has 2 rings (SSSR count). The number of aliphatic hydroxyl groups excluding tert-OH is 1. The normalized spacial score (nSPS) is 43.2. The fourth-order valence-corrected chi connectivity index (χ4v) is 3.49. The standard InChI is InChI=1S/C15H27NO3/c1-9-10(2)19-11(3)14(9)15(18)16-8-12-6-4-5-7-13(12)17/h9-14,17H,4-8H2,1-3H3,(H,16,18). The van der Waals surface area contributed by atoms with E-state index in [-0.39, 0.29) is 42.0 Å². The smallest absolute Gasteiger partial charge is 0.226 e. The third kappa shape index (κ3) is 3.29. The van der Waals surface area contributed by atoms with Crippen LogP contribution < -0.4 is 5.32 Å². The third-order valence-corrected chi connectivity index (χ3v) is 4.95. The number of rotatable bonds is 3. The fraction of sp³-hybridized carbons (Fsp3) is 0.933. The summed E-state index contributed by atoms with van der Waals surface area (Å²) in [6.45, 7) is 6.68. The zero-order valence-corrected chi connectivity index (χ0v) is 12.3. The van der Waals surface area contributed by atoms with E-state index in [1.165, 1.54) is 0 Å². The van der Waals surface area contributed by atoms with Crippen molar-refractivity contribution in [1.29, 1.82) is 0 Å². The Balaban J connectivity index is 1.84. The zero-order valence-electron chi connectivity index (χ0n) is 12.3. The van der Waals surface area contributed by atoms with Crippen LogP contribution in [0.4, 0.5) is 0 Å². The molecule has 1 saturated carbocycles. The molecule has 2 N–H and O–H groups in total. The van der Waals surface area contributed by atoms with Crippen LogP contribution in [0.2, 0.25) is 0 Å². The second kappa shape index (κ2) is 6.23. The lowest BCUT2D eigenvalue weighted by atomic mass is 9.85. The van der Waals surface area contributed by atoms with Gasteiger partial charge in [-0.3, -0.25) is 4.79 Å². The van der Waals surface area contributed by atoms with Crippen molar-refractivity contribution in [2.45, 2.75) is 64.8 Å². The SMILES string of the molecule is CC1OC(C)C(C(=O)NCC2CCCCC2O)C1C. The summed E-state index contributed by atoms with van der Waals surface area (Å²) in [5, 5.41) is 12.9. The van der Waals surface area contributed by atoms with Crippen LogP contribution in [0.1, 0.15) is 46.5 Å². The summed E-state index contributed by atoms with van der Waals surface area (Å²) in [6.07, 6.45) is 4.04. The Bertz CT molecular complexity index is 321. The second-order valence-corrected chi connectivity index (χ2v) is 6.29. The van der Waals surface area contributed by atoms with Crippen molar-refractivity contribution in [3.63, 3.8) is 0 Å². The molecule has 1 saturated heterocycles. The molecule has 0 aromatic heterocycles. The molecular weight excluding hydrogens is 242 g/mol. The van der Waals surface area contributed by atoms with Crippen molar-refractivity contribution in [2.75, 3.05) is 6.54 Å². The number of aliphatic hydroxyl groups is 1. The van der Waals surface area contributed by atoms with Crippen LogP contribution in [0.3, 0.4) is 0 Å². The van der Waals surface area contributed by atoms with Crippen LogP contribution in [0.15, 0.2) is 0 Å². The summed E-state index contributed by atoms with van der Waals surface area (Å²) in [5.41, 5.74) is 0. The summed E-state index contributed by atoms with van der Waals surface area (Å²) in [5.74, 6) is 0.507. The summed E-state index contributed by atoms with van der Waals surface area (Å²) in [6, 6.07) is 0. The minimum Gasteiger partial charge on any atom is -0.393 e. The molecule has 0 aromatic rings. The summed E-state index contributed by atoms with van der Waals surface area (Å²) < 4.78 is 5.71. The lowest BCUT2D eigenvalue weighted by Gasteiger charge is -2.28. The molecule has 1 aliphatic heterocycles. The number of hydrogen-bond acceptors (Lipinski definition) is 3. The van der Waals surface area contributed by atoms with Crippen LogP contribution in [-0.4, -0.2) is 35.9 Å². The van der Waals surface area contributed by atoms with Gasteiger partial charge in [-0.1, -0.05) is 19.8 Å². The summed E-state index contributed by atoms with van der Waals surface area (Å²) >= 11 is 0. The van der Waals surface area contributed by atoms with Gasteiger partial charge in [0.2, 0.25) is 5.91 Å². The van der Waals surface area contributed by atoms with E-state index in [4.69, 9.17) is 4.74 Å². The molecule has 19 heavy (non-hydrogen) atoms. The van der Waals surface area contributed by atoms with Gasteiger partial charge in [0.1, 0.15) is 0 Å².